The molecule has 2 heterocycles. The van der Waals surface area contributed by atoms with Gasteiger partial charge in [0.05, 0.1) is 0 Å². The first-order valence-electron chi connectivity index (χ1n) is 10.9. The highest BCUT2D eigenvalue weighted by Gasteiger charge is 2.32. The lowest BCUT2D eigenvalue weighted by Crippen LogP contribution is -2.42. The van der Waals surface area contributed by atoms with Crippen LogP contribution in [0.1, 0.15) is 76.5 Å². The number of hydrogen-bond acceptors (Lipinski definition) is 3. The molecule has 0 bridgehead atoms. The molecule has 1 amide bonds. The summed E-state index contributed by atoms with van der Waals surface area (Å²) >= 11 is 0. The summed E-state index contributed by atoms with van der Waals surface area (Å²) in [5.41, 5.74) is 1.80. The van der Waals surface area contributed by atoms with E-state index in [1.807, 2.05) is 24.3 Å². The molecule has 4 nitrogen and oxygen atoms in total. The van der Waals surface area contributed by atoms with Crippen molar-refractivity contribution in [2.24, 2.45) is 11.8 Å². The summed E-state index contributed by atoms with van der Waals surface area (Å²) in [5.74, 6) is 2.72. The molecule has 1 saturated carbocycles. The van der Waals surface area contributed by atoms with Crippen LogP contribution >= 0.6 is 0 Å². The zero-order valence-corrected chi connectivity index (χ0v) is 16.5. The number of rotatable bonds is 5. The second kappa shape index (κ2) is 8.45. The maximum atomic E-state index is 12.9. The molecule has 0 unspecified atom stereocenters. The maximum Gasteiger partial charge on any atom is 0.225 e. The third-order valence-electron chi connectivity index (χ3n) is 6.63. The van der Waals surface area contributed by atoms with Gasteiger partial charge in [0.25, 0.3) is 0 Å². The highest BCUT2D eigenvalue weighted by molar-refractivity contribution is 5.79. The van der Waals surface area contributed by atoms with Gasteiger partial charge < -0.3 is 9.32 Å². The fraction of sp³-hybridized carbons (Fsp3) is 0.652. The van der Waals surface area contributed by atoms with E-state index >= 15 is 0 Å². The van der Waals surface area contributed by atoms with Gasteiger partial charge in [-0.15, -0.1) is 0 Å². The third-order valence-corrected chi connectivity index (χ3v) is 6.63. The van der Waals surface area contributed by atoms with Gasteiger partial charge in [0.1, 0.15) is 5.52 Å². The number of piperidine rings is 1. The fourth-order valence-electron chi connectivity index (χ4n) is 4.86. The second-order valence-electron chi connectivity index (χ2n) is 8.48. The van der Waals surface area contributed by atoms with Crippen LogP contribution in [0.2, 0.25) is 0 Å². The lowest BCUT2D eigenvalue weighted by molar-refractivity contribution is -0.138. The van der Waals surface area contributed by atoms with E-state index in [1.54, 1.807) is 0 Å². The molecule has 1 aromatic carbocycles. The van der Waals surface area contributed by atoms with E-state index in [1.165, 1.54) is 32.1 Å². The van der Waals surface area contributed by atoms with E-state index in [9.17, 15) is 4.79 Å². The topological polar surface area (TPSA) is 46.3 Å². The molecular weight excluding hydrogens is 336 g/mol. The number of benzene rings is 1. The van der Waals surface area contributed by atoms with Gasteiger partial charge >= 0.3 is 0 Å². The van der Waals surface area contributed by atoms with Crippen LogP contribution in [0.5, 0.6) is 0 Å². The van der Waals surface area contributed by atoms with E-state index in [0.717, 1.165) is 61.7 Å². The number of carbonyl (C=O) groups excluding carboxylic acids is 1. The number of likely N-dealkylation sites (tertiary alicyclic amines) is 1. The molecule has 1 aliphatic heterocycles. The lowest BCUT2D eigenvalue weighted by atomic mass is 9.79. The molecular formula is C23H32N2O2. The Kier molecular flexibility index (Phi) is 5.80. The van der Waals surface area contributed by atoms with Gasteiger partial charge in [-0.2, -0.15) is 0 Å². The summed E-state index contributed by atoms with van der Waals surface area (Å²) in [6.07, 6.45) is 10.6. The predicted octanol–water partition coefficient (Wildman–Crippen LogP) is 5.53. The predicted molar refractivity (Wildman–Crippen MR) is 108 cm³/mol. The summed E-state index contributed by atoms with van der Waals surface area (Å²) < 4.78 is 5.95. The second-order valence-corrected chi connectivity index (χ2v) is 8.48. The molecule has 0 atom stereocenters. The average Bonchev–Trinajstić information content (AvgIpc) is 3.16. The van der Waals surface area contributed by atoms with Crippen molar-refractivity contribution in [3.63, 3.8) is 0 Å². The highest BCUT2D eigenvalue weighted by atomic mass is 16.3. The molecule has 146 valence electrons. The van der Waals surface area contributed by atoms with Crippen LogP contribution in [0.25, 0.3) is 11.1 Å². The van der Waals surface area contributed by atoms with Crippen molar-refractivity contribution >= 4 is 17.0 Å². The molecule has 4 heteroatoms. The number of hydrogen-bond donors (Lipinski definition) is 0. The van der Waals surface area contributed by atoms with Gasteiger partial charge in [-0.25, -0.2) is 4.98 Å². The van der Waals surface area contributed by atoms with Gasteiger partial charge in [-0.05, 0) is 56.6 Å². The summed E-state index contributed by atoms with van der Waals surface area (Å²) in [6, 6.07) is 7.95. The Morgan fingerprint density at radius 1 is 1.11 bits per heavy atom. The molecule has 2 aromatic rings. The Balaban J connectivity index is 1.28. The summed E-state index contributed by atoms with van der Waals surface area (Å²) in [5, 5.41) is 0. The minimum Gasteiger partial charge on any atom is -0.440 e. The van der Waals surface area contributed by atoms with Crippen molar-refractivity contribution < 1.29 is 9.21 Å². The first-order chi connectivity index (χ1) is 13.2. The molecule has 1 aromatic heterocycles. The minimum atomic E-state index is 0.267. The zero-order chi connectivity index (χ0) is 18.6. The van der Waals surface area contributed by atoms with Crippen LogP contribution in [0.4, 0.5) is 0 Å². The fourth-order valence-corrected chi connectivity index (χ4v) is 4.86. The van der Waals surface area contributed by atoms with Crippen LogP contribution < -0.4 is 0 Å². The molecule has 1 saturated heterocycles. The largest absolute Gasteiger partial charge is 0.440 e. The smallest absolute Gasteiger partial charge is 0.225 e. The number of fused-ring (bicyclic) bond motifs is 1. The number of aromatic nitrogens is 1. The van der Waals surface area contributed by atoms with Crippen LogP contribution in [0.3, 0.4) is 0 Å². The molecule has 27 heavy (non-hydrogen) atoms. The van der Waals surface area contributed by atoms with Crippen LogP contribution in [0, 0.1) is 11.8 Å². The molecule has 0 N–H and O–H groups in total. The summed E-state index contributed by atoms with van der Waals surface area (Å²) in [7, 11) is 0. The van der Waals surface area contributed by atoms with Gasteiger partial charge in [0.15, 0.2) is 11.5 Å². The quantitative estimate of drug-likeness (QED) is 0.697. The van der Waals surface area contributed by atoms with Gasteiger partial charge in [0, 0.05) is 24.9 Å². The monoisotopic (exact) mass is 368 g/mol. The lowest BCUT2D eigenvalue weighted by Gasteiger charge is -2.35. The number of carbonyl (C=O) groups is 1. The number of oxazole rings is 1. The average molecular weight is 369 g/mol. The van der Waals surface area contributed by atoms with E-state index in [2.05, 4.69) is 16.8 Å². The van der Waals surface area contributed by atoms with Crippen molar-refractivity contribution in [3.05, 3.63) is 30.2 Å². The van der Waals surface area contributed by atoms with Crippen molar-refractivity contribution in [1.82, 2.24) is 9.88 Å². The zero-order valence-electron chi connectivity index (χ0n) is 16.5. The Morgan fingerprint density at radius 2 is 1.85 bits per heavy atom. The SMILES string of the molecule is CCCCC1CCC(C(=O)N2CCC(c3nc4ccccc4o3)CC2)CC1. The molecule has 0 radical (unpaired) electrons. The number of amides is 1. The van der Waals surface area contributed by atoms with E-state index in [0.29, 0.717) is 11.8 Å². The normalized spacial score (nSPS) is 24.4. The molecule has 4 rings (SSSR count). The molecule has 1 aliphatic carbocycles. The van der Waals surface area contributed by atoms with Crippen molar-refractivity contribution in [2.75, 3.05) is 13.1 Å². The number of para-hydroxylation sites is 2. The highest BCUT2D eigenvalue weighted by Crippen LogP contribution is 2.35. The Bertz CT molecular complexity index is 720. The molecule has 0 spiro atoms. The summed E-state index contributed by atoms with van der Waals surface area (Å²) in [4.78, 5) is 19.7. The van der Waals surface area contributed by atoms with Crippen molar-refractivity contribution in [3.8, 4) is 0 Å². The standard InChI is InChI=1S/C23H32N2O2/c1-2-3-6-17-9-11-19(12-10-17)23(26)25-15-13-18(14-16-25)22-24-20-7-4-5-8-21(20)27-22/h4-5,7-8,17-19H,2-3,6,9-16H2,1H3. The number of unbranched alkanes of at least 4 members (excludes halogenated alkanes) is 1. The Labute approximate surface area is 162 Å². The van der Waals surface area contributed by atoms with Crippen LogP contribution in [-0.4, -0.2) is 28.9 Å². The number of nitrogens with zero attached hydrogens (tertiary/aromatic N) is 2. The maximum absolute atomic E-state index is 12.9. The summed E-state index contributed by atoms with van der Waals surface area (Å²) in [6.45, 7) is 3.95. The Morgan fingerprint density at radius 3 is 2.56 bits per heavy atom. The van der Waals surface area contributed by atoms with Crippen LogP contribution in [-0.2, 0) is 4.79 Å². The van der Waals surface area contributed by atoms with Crippen molar-refractivity contribution in [2.45, 2.75) is 70.6 Å². The van der Waals surface area contributed by atoms with Gasteiger partial charge in [-0.1, -0.05) is 38.3 Å². The third kappa shape index (κ3) is 4.20. The van der Waals surface area contributed by atoms with Crippen molar-refractivity contribution in [1.29, 1.82) is 0 Å². The van der Waals surface area contributed by atoms with E-state index in [-0.39, 0.29) is 5.92 Å². The van der Waals surface area contributed by atoms with Crippen LogP contribution in [0.15, 0.2) is 28.7 Å². The Hall–Kier alpha value is -1.84. The first-order valence-corrected chi connectivity index (χ1v) is 10.9. The first kappa shape index (κ1) is 18.5. The van der Waals surface area contributed by atoms with E-state index in [4.69, 9.17) is 4.42 Å². The van der Waals surface area contributed by atoms with E-state index < -0.39 is 0 Å². The molecule has 2 fully saturated rings. The molecule has 2 aliphatic rings. The van der Waals surface area contributed by atoms with Gasteiger partial charge in [0.2, 0.25) is 5.91 Å². The van der Waals surface area contributed by atoms with Gasteiger partial charge in [-0.3, -0.25) is 4.79 Å². The minimum absolute atomic E-state index is 0.267.